The lowest BCUT2D eigenvalue weighted by molar-refractivity contribution is 0.174. The van der Waals surface area contributed by atoms with Gasteiger partial charge in [-0.1, -0.05) is 12.1 Å². The van der Waals surface area contributed by atoms with Gasteiger partial charge in [0.25, 0.3) is 0 Å². The highest BCUT2D eigenvalue weighted by molar-refractivity contribution is 6.08. The predicted molar refractivity (Wildman–Crippen MR) is 65.4 cm³/mol. The van der Waals surface area contributed by atoms with Gasteiger partial charge in [-0.05, 0) is 34.4 Å². The summed E-state index contributed by atoms with van der Waals surface area (Å²) in [4.78, 5) is 4.18. The summed E-state index contributed by atoms with van der Waals surface area (Å²) in [6.45, 7) is 0.307. The lowest BCUT2D eigenvalue weighted by atomic mass is 10.0. The normalized spacial score (nSPS) is 13.4. The monoisotopic (exact) mass is 223 g/mol. The summed E-state index contributed by atoms with van der Waals surface area (Å²) in [5.41, 5.74) is 0. The Labute approximate surface area is 97.6 Å². The summed E-state index contributed by atoms with van der Waals surface area (Å²) < 4.78 is 10.8. The van der Waals surface area contributed by atoms with Crippen molar-refractivity contribution in [3.63, 3.8) is 0 Å². The molecular weight excluding hydrogens is 214 g/mol. The maximum absolute atomic E-state index is 5.41. The van der Waals surface area contributed by atoms with Crippen LogP contribution in [0, 0.1) is 0 Å². The number of hydrogen-bond donors (Lipinski definition) is 0. The number of fused-ring (bicyclic) bond motifs is 4. The van der Waals surface area contributed by atoms with E-state index in [4.69, 9.17) is 9.47 Å². The van der Waals surface area contributed by atoms with Gasteiger partial charge in [-0.15, -0.1) is 0 Å². The van der Waals surface area contributed by atoms with Crippen molar-refractivity contribution in [2.24, 2.45) is 0 Å². The van der Waals surface area contributed by atoms with Crippen LogP contribution in [0.1, 0.15) is 0 Å². The summed E-state index contributed by atoms with van der Waals surface area (Å²) in [6, 6.07) is 10.3. The fraction of sp³-hybridized carbons (Fsp3) is 0.0714. The number of rotatable bonds is 0. The molecule has 0 saturated heterocycles. The minimum atomic E-state index is 0.307. The Hall–Kier alpha value is -2.29. The van der Waals surface area contributed by atoms with Crippen LogP contribution in [0.15, 0.2) is 42.7 Å². The molecule has 0 radical (unpaired) electrons. The van der Waals surface area contributed by atoms with Crippen molar-refractivity contribution < 1.29 is 9.47 Å². The molecule has 0 fully saturated rings. The molecule has 3 nitrogen and oxygen atoms in total. The van der Waals surface area contributed by atoms with Crippen LogP contribution in [0.5, 0.6) is 11.5 Å². The van der Waals surface area contributed by atoms with Gasteiger partial charge in [0.2, 0.25) is 6.79 Å². The van der Waals surface area contributed by atoms with Crippen LogP contribution >= 0.6 is 0 Å². The molecule has 2 heterocycles. The van der Waals surface area contributed by atoms with Crippen molar-refractivity contribution in [2.75, 3.05) is 6.79 Å². The molecule has 1 aromatic heterocycles. The maximum atomic E-state index is 5.41. The van der Waals surface area contributed by atoms with Gasteiger partial charge < -0.3 is 9.47 Å². The highest BCUT2D eigenvalue weighted by Crippen LogP contribution is 2.38. The molecule has 0 spiro atoms. The molecule has 2 aromatic carbocycles. The van der Waals surface area contributed by atoms with Crippen molar-refractivity contribution in [3.8, 4) is 11.5 Å². The van der Waals surface area contributed by atoms with Crippen molar-refractivity contribution in [2.45, 2.75) is 0 Å². The molecule has 17 heavy (non-hydrogen) atoms. The van der Waals surface area contributed by atoms with Crippen molar-refractivity contribution in [1.29, 1.82) is 0 Å². The Morgan fingerprint density at radius 2 is 1.71 bits per heavy atom. The molecule has 3 aromatic rings. The SMILES string of the molecule is c1cc2ccc3cc4c(cc3c2cn1)OCO4. The van der Waals surface area contributed by atoms with Gasteiger partial charge in [0.1, 0.15) is 0 Å². The minimum Gasteiger partial charge on any atom is -0.454 e. The van der Waals surface area contributed by atoms with E-state index in [0.29, 0.717) is 6.79 Å². The molecule has 0 saturated carbocycles. The first-order valence-corrected chi connectivity index (χ1v) is 5.48. The molecule has 0 N–H and O–H groups in total. The van der Waals surface area contributed by atoms with Crippen LogP contribution in [-0.2, 0) is 0 Å². The van der Waals surface area contributed by atoms with E-state index in [-0.39, 0.29) is 0 Å². The lowest BCUT2D eigenvalue weighted by Crippen LogP contribution is -1.92. The van der Waals surface area contributed by atoms with E-state index in [1.54, 1.807) is 6.20 Å². The Kier molecular flexibility index (Phi) is 1.61. The fourth-order valence-electron chi connectivity index (χ4n) is 2.28. The Bertz CT molecular complexity index is 737. The van der Waals surface area contributed by atoms with Gasteiger partial charge in [-0.25, -0.2) is 0 Å². The third-order valence-corrected chi connectivity index (χ3v) is 3.13. The van der Waals surface area contributed by atoms with Gasteiger partial charge in [0.05, 0.1) is 0 Å². The molecule has 0 aliphatic carbocycles. The minimum absolute atomic E-state index is 0.307. The van der Waals surface area contributed by atoms with Crippen LogP contribution in [0.2, 0.25) is 0 Å². The van der Waals surface area contributed by atoms with Gasteiger partial charge >= 0.3 is 0 Å². The largest absolute Gasteiger partial charge is 0.454 e. The van der Waals surface area contributed by atoms with Crippen molar-refractivity contribution >= 4 is 21.5 Å². The van der Waals surface area contributed by atoms with E-state index in [2.05, 4.69) is 17.1 Å². The first-order valence-electron chi connectivity index (χ1n) is 5.48. The molecule has 82 valence electrons. The summed E-state index contributed by atoms with van der Waals surface area (Å²) >= 11 is 0. The van der Waals surface area contributed by atoms with E-state index in [1.807, 2.05) is 24.4 Å². The van der Waals surface area contributed by atoms with Crippen LogP contribution in [-0.4, -0.2) is 11.8 Å². The third kappa shape index (κ3) is 1.19. The number of nitrogens with zero attached hydrogens (tertiary/aromatic N) is 1. The first kappa shape index (κ1) is 8.82. The average molecular weight is 223 g/mol. The lowest BCUT2D eigenvalue weighted by Gasteiger charge is -2.04. The van der Waals surface area contributed by atoms with Gasteiger partial charge in [0.15, 0.2) is 11.5 Å². The highest BCUT2D eigenvalue weighted by Gasteiger charge is 2.14. The summed E-state index contributed by atoms with van der Waals surface area (Å²) in [5, 5.41) is 4.63. The average Bonchev–Trinajstić information content (AvgIpc) is 2.83. The molecule has 0 amide bonds. The molecule has 0 bridgehead atoms. The second kappa shape index (κ2) is 3.10. The third-order valence-electron chi connectivity index (χ3n) is 3.13. The van der Waals surface area contributed by atoms with Crippen LogP contribution in [0.3, 0.4) is 0 Å². The van der Waals surface area contributed by atoms with Gasteiger partial charge in [0, 0.05) is 17.8 Å². The number of ether oxygens (including phenoxy) is 2. The standard InChI is InChI=1S/C14H9NO2/c1-2-10-5-13-14(17-8-16-13)6-11(10)12-7-15-4-3-9(1)12/h1-7H,8H2. The van der Waals surface area contributed by atoms with Crippen LogP contribution in [0.25, 0.3) is 21.5 Å². The number of hydrogen-bond acceptors (Lipinski definition) is 3. The van der Waals surface area contributed by atoms with E-state index >= 15 is 0 Å². The highest BCUT2D eigenvalue weighted by atomic mass is 16.7. The molecule has 1 aliphatic rings. The van der Waals surface area contributed by atoms with E-state index < -0.39 is 0 Å². The van der Waals surface area contributed by atoms with E-state index in [9.17, 15) is 0 Å². The Balaban J connectivity index is 2.19. The zero-order valence-electron chi connectivity index (χ0n) is 9.01. The Morgan fingerprint density at radius 3 is 2.65 bits per heavy atom. The molecule has 0 unspecified atom stereocenters. The quantitative estimate of drug-likeness (QED) is 0.549. The van der Waals surface area contributed by atoms with Crippen molar-refractivity contribution in [1.82, 2.24) is 4.98 Å². The van der Waals surface area contributed by atoms with E-state index in [0.717, 1.165) is 27.7 Å². The topological polar surface area (TPSA) is 31.4 Å². The maximum Gasteiger partial charge on any atom is 0.231 e. The molecule has 4 rings (SSSR count). The number of benzene rings is 2. The second-order valence-electron chi connectivity index (χ2n) is 4.09. The fourth-order valence-corrected chi connectivity index (χ4v) is 2.28. The molecule has 0 atom stereocenters. The number of pyridine rings is 1. The van der Waals surface area contributed by atoms with Gasteiger partial charge in [-0.2, -0.15) is 0 Å². The zero-order valence-corrected chi connectivity index (χ0v) is 9.01. The number of aromatic nitrogens is 1. The van der Waals surface area contributed by atoms with Crippen LogP contribution < -0.4 is 9.47 Å². The Morgan fingerprint density at radius 1 is 0.882 bits per heavy atom. The van der Waals surface area contributed by atoms with Gasteiger partial charge in [-0.3, -0.25) is 4.98 Å². The van der Waals surface area contributed by atoms with E-state index in [1.165, 1.54) is 5.39 Å². The zero-order chi connectivity index (χ0) is 11.2. The van der Waals surface area contributed by atoms with Crippen LogP contribution in [0.4, 0.5) is 0 Å². The second-order valence-corrected chi connectivity index (χ2v) is 4.09. The summed E-state index contributed by atoms with van der Waals surface area (Å²) in [7, 11) is 0. The molecule has 3 heteroatoms. The molecular formula is C14H9NO2. The summed E-state index contributed by atoms with van der Waals surface area (Å²) in [6.07, 6.45) is 3.70. The first-order chi connectivity index (χ1) is 8.42. The predicted octanol–water partition coefficient (Wildman–Crippen LogP) is 3.12. The smallest absolute Gasteiger partial charge is 0.231 e. The molecule has 1 aliphatic heterocycles. The van der Waals surface area contributed by atoms with Crippen molar-refractivity contribution in [3.05, 3.63) is 42.7 Å². The summed E-state index contributed by atoms with van der Waals surface area (Å²) in [5.74, 6) is 1.63.